The molecule has 1 heterocycles. The highest BCUT2D eigenvalue weighted by molar-refractivity contribution is 7.92. The van der Waals surface area contributed by atoms with Crippen LogP contribution in [0.4, 0.5) is 10.1 Å². The molecule has 1 aromatic heterocycles. The quantitative estimate of drug-likeness (QED) is 0.788. The Morgan fingerprint density at radius 1 is 1.08 bits per heavy atom. The number of anilines is 1. The Hall–Kier alpha value is -2.67. The van der Waals surface area contributed by atoms with Gasteiger partial charge >= 0.3 is 0 Å². The molecule has 1 N–H and O–H groups in total. The Bertz CT molecular complexity index is 979. The van der Waals surface area contributed by atoms with Crippen molar-refractivity contribution in [1.29, 1.82) is 0 Å². The van der Waals surface area contributed by atoms with Gasteiger partial charge in [0.25, 0.3) is 10.0 Å². The van der Waals surface area contributed by atoms with E-state index in [0.29, 0.717) is 11.5 Å². The molecule has 124 valence electrons. The lowest BCUT2D eigenvalue weighted by molar-refractivity contribution is 0.601. The Balaban J connectivity index is 2.05. The third kappa shape index (κ3) is 3.16. The number of hydrogen-bond donors (Lipinski definition) is 1. The number of benzene rings is 2. The molecule has 5 nitrogen and oxygen atoms in total. The molecule has 0 amide bonds. The molecule has 0 aliphatic carbocycles. The van der Waals surface area contributed by atoms with Crippen LogP contribution in [0.3, 0.4) is 0 Å². The Morgan fingerprint density at radius 3 is 2.42 bits per heavy atom. The van der Waals surface area contributed by atoms with Crippen LogP contribution in [0.2, 0.25) is 0 Å². The maximum atomic E-state index is 13.7. The highest BCUT2D eigenvalue weighted by Crippen LogP contribution is 2.25. The van der Waals surface area contributed by atoms with Crippen LogP contribution in [0.5, 0.6) is 0 Å². The number of halogens is 1. The van der Waals surface area contributed by atoms with Crippen LogP contribution in [-0.2, 0) is 10.0 Å². The lowest BCUT2D eigenvalue weighted by atomic mass is 10.2. The first-order valence-electron chi connectivity index (χ1n) is 7.26. The molecule has 0 aliphatic heterocycles. The summed E-state index contributed by atoms with van der Waals surface area (Å²) in [4.78, 5) is 4.23. The summed E-state index contributed by atoms with van der Waals surface area (Å²) in [5.74, 6) is 0.135. The molecule has 0 saturated carbocycles. The minimum Gasteiger partial charge on any atom is -0.302 e. The smallest absolute Gasteiger partial charge is 0.261 e. The fourth-order valence-electron chi connectivity index (χ4n) is 2.35. The largest absolute Gasteiger partial charge is 0.302 e. The zero-order valence-electron chi connectivity index (χ0n) is 13.2. The number of hydrogen-bond acceptors (Lipinski definition) is 3. The van der Waals surface area contributed by atoms with E-state index < -0.39 is 15.8 Å². The average molecular weight is 345 g/mol. The van der Waals surface area contributed by atoms with Crippen molar-refractivity contribution in [2.24, 2.45) is 0 Å². The van der Waals surface area contributed by atoms with E-state index in [-0.39, 0.29) is 10.6 Å². The number of aromatic nitrogens is 2. The predicted octanol–water partition coefficient (Wildman–Crippen LogP) is 3.43. The van der Waals surface area contributed by atoms with Gasteiger partial charge in [0.05, 0.1) is 16.3 Å². The molecule has 0 unspecified atom stereocenters. The summed E-state index contributed by atoms with van der Waals surface area (Å²) in [6.45, 7) is 3.65. The van der Waals surface area contributed by atoms with E-state index in [1.807, 2.05) is 6.92 Å². The normalized spacial score (nSPS) is 11.5. The molecule has 7 heteroatoms. The highest BCUT2D eigenvalue weighted by Gasteiger charge is 2.17. The summed E-state index contributed by atoms with van der Waals surface area (Å²) in [6, 6.07) is 10.4. The topological polar surface area (TPSA) is 64.0 Å². The number of nitrogens with zero attached hydrogens (tertiary/aromatic N) is 2. The van der Waals surface area contributed by atoms with Crippen LogP contribution < -0.4 is 4.72 Å². The third-order valence-corrected chi connectivity index (χ3v) is 5.00. The van der Waals surface area contributed by atoms with E-state index in [0.717, 1.165) is 11.6 Å². The van der Waals surface area contributed by atoms with Gasteiger partial charge in [-0.1, -0.05) is 17.7 Å². The lowest BCUT2D eigenvalue weighted by Gasteiger charge is -2.14. The van der Waals surface area contributed by atoms with Gasteiger partial charge in [0.1, 0.15) is 11.6 Å². The first-order valence-corrected chi connectivity index (χ1v) is 8.74. The molecule has 3 rings (SSSR count). The van der Waals surface area contributed by atoms with E-state index in [1.54, 1.807) is 36.0 Å². The van der Waals surface area contributed by atoms with Gasteiger partial charge in [-0.05, 0) is 38.1 Å². The molecular weight excluding hydrogens is 329 g/mol. The summed E-state index contributed by atoms with van der Waals surface area (Å²) >= 11 is 0. The molecule has 0 atom stereocenters. The van der Waals surface area contributed by atoms with Crippen LogP contribution >= 0.6 is 0 Å². The first-order chi connectivity index (χ1) is 11.4. The molecule has 0 aliphatic rings. The molecule has 0 bridgehead atoms. The zero-order chi connectivity index (χ0) is 17.3. The minimum absolute atomic E-state index is 0.116. The third-order valence-electron chi connectivity index (χ3n) is 3.62. The van der Waals surface area contributed by atoms with Crippen molar-refractivity contribution in [3.63, 3.8) is 0 Å². The molecule has 0 radical (unpaired) electrons. The van der Waals surface area contributed by atoms with Crippen LogP contribution in [0.1, 0.15) is 11.4 Å². The van der Waals surface area contributed by atoms with Crippen LogP contribution in [-0.4, -0.2) is 18.0 Å². The number of imidazole rings is 1. The second-order valence-corrected chi connectivity index (χ2v) is 7.11. The molecule has 0 fully saturated rings. The van der Waals surface area contributed by atoms with Crippen LogP contribution in [0.15, 0.2) is 59.8 Å². The molecule has 0 saturated heterocycles. The van der Waals surface area contributed by atoms with Gasteiger partial charge in [0.15, 0.2) is 0 Å². The van der Waals surface area contributed by atoms with Crippen molar-refractivity contribution in [3.8, 4) is 5.69 Å². The van der Waals surface area contributed by atoms with E-state index in [4.69, 9.17) is 0 Å². The maximum absolute atomic E-state index is 13.7. The van der Waals surface area contributed by atoms with Gasteiger partial charge in [-0.15, -0.1) is 0 Å². The Kier molecular flexibility index (Phi) is 4.11. The zero-order valence-corrected chi connectivity index (χ0v) is 14.0. The summed E-state index contributed by atoms with van der Waals surface area (Å²) in [5.41, 5.74) is 1.60. The van der Waals surface area contributed by atoms with Crippen LogP contribution in [0.25, 0.3) is 5.69 Å². The molecule has 2 aromatic carbocycles. The highest BCUT2D eigenvalue weighted by atomic mass is 32.2. The van der Waals surface area contributed by atoms with Gasteiger partial charge in [-0.25, -0.2) is 17.8 Å². The van der Waals surface area contributed by atoms with Crippen molar-refractivity contribution >= 4 is 15.7 Å². The number of sulfonamides is 1. The van der Waals surface area contributed by atoms with Crippen molar-refractivity contribution in [1.82, 2.24) is 9.55 Å². The summed E-state index contributed by atoms with van der Waals surface area (Å²) in [5, 5.41) is 0. The molecule has 3 aromatic rings. The van der Waals surface area contributed by atoms with Gasteiger partial charge in [-0.3, -0.25) is 4.72 Å². The molecule has 24 heavy (non-hydrogen) atoms. The fraction of sp³-hybridized carbons (Fsp3) is 0.118. The average Bonchev–Trinajstić information content (AvgIpc) is 2.93. The summed E-state index contributed by atoms with van der Waals surface area (Å²) < 4.78 is 43.0. The second kappa shape index (κ2) is 6.09. The predicted molar refractivity (Wildman–Crippen MR) is 90.2 cm³/mol. The van der Waals surface area contributed by atoms with E-state index in [2.05, 4.69) is 9.71 Å². The van der Waals surface area contributed by atoms with Crippen molar-refractivity contribution < 1.29 is 12.8 Å². The van der Waals surface area contributed by atoms with E-state index in [9.17, 15) is 12.8 Å². The SMILES string of the molecule is Cc1ccc(S(=O)(=O)Nc2cc(F)ccc2-n2ccnc2C)cc1. The number of nitrogens with one attached hydrogen (secondary N) is 1. The Labute approximate surface area is 139 Å². The van der Waals surface area contributed by atoms with Gasteiger partial charge in [0, 0.05) is 18.5 Å². The summed E-state index contributed by atoms with van der Waals surface area (Å²) in [7, 11) is -3.82. The number of rotatable bonds is 4. The van der Waals surface area contributed by atoms with E-state index in [1.165, 1.54) is 24.3 Å². The fourth-order valence-corrected chi connectivity index (χ4v) is 3.42. The van der Waals surface area contributed by atoms with Crippen molar-refractivity contribution in [3.05, 3.63) is 72.1 Å². The monoisotopic (exact) mass is 345 g/mol. The maximum Gasteiger partial charge on any atom is 0.261 e. The minimum atomic E-state index is -3.82. The summed E-state index contributed by atoms with van der Waals surface area (Å²) in [6.07, 6.45) is 3.28. The first kappa shape index (κ1) is 16.2. The Morgan fingerprint density at radius 2 is 1.79 bits per heavy atom. The van der Waals surface area contributed by atoms with Gasteiger partial charge in [0.2, 0.25) is 0 Å². The van der Waals surface area contributed by atoms with Crippen LogP contribution in [0, 0.1) is 19.7 Å². The molecule has 0 spiro atoms. The lowest BCUT2D eigenvalue weighted by Crippen LogP contribution is -2.15. The van der Waals surface area contributed by atoms with Crippen molar-refractivity contribution in [2.45, 2.75) is 18.7 Å². The number of aryl methyl sites for hydroxylation is 2. The molecular formula is C17H16FN3O2S. The van der Waals surface area contributed by atoms with Crippen molar-refractivity contribution in [2.75, 3.05) is 4.72 Å². The van der Waals surface area contributed by atoms with Gasteiger partial charge < -0.3 is 4.57 Å². The standard InChI is InChI=1S/C17H16FN3O2S/c1-12-3-6-15(7-4-12)24(22,23)20-16-11-14(18)5-8-17(16)21-10-9-19-13(21)2/h3-11,20H,1-2H3. The second-order valence-electron chi connectivity index (χ2n) is 5.42. The van der Waals surface area contributed by atoms with Gasteiger partial charge in [-0.2, -0.15) is 0 Å². The van der Waals surface area contributed by atoms with E-state index >= 15 is 0 Å².